The van der Waals surface area contributed by atoms with Crippen molar-refractivity contribution < 1.29 is 4.74 Å². The molecule has 1 aromatic rings. The molecule has 0 bridgehead atoms. The summed E-state index contributed by atoms with van der Waals surface area (Å²) in [6, 6.07) is 0.778. The fourth-order valence-corrected chi connectivity index (χ4v) is 2.53. The summed E-state index contributed by atoms with van der Waals surface area (Å²) in [6.45, 7) is 7.82. The topological polar surface area (TPSA) is 51.1 Å². The molecule has 1 aromatic heterocycles. The molecule has 2 rings (SSSR count). The molecule has 5 nitrogen and oxygen atoms in total. The lowest BCUT2D eigenvalue weighted by Crippen LogP contribution is -2.34. The molecule has 0 spiro atoms. The third-order valence-electron chi connectivity index (χ3n) is 3.17. The summed E-state index contributed by atoms with van der Waals surface area (Å²) in [5.41, 5.74) is 0. The van der Waals surface area contributed by atoms with E-state index in [1.54, 1.807) is 0 Å². The Balaban J connectivity index is 2.26. The van der Waals surface area contributed by atoms with Gasteiger partial charge in [0.15, 0.2) is 0 Å². The van der Waals surface area contributed by atoms with Crippen LogP contribution in [-0.2, 0) is 0 Å². The second kappa shape index (κ2) is 5.69. The summed E-state index contributed by atoms with van der Waals surface area (Å²) in [5.74, 6) is 1.20. The van der Waals surface area contributed by atoms with Crippen molar-refractivity contribution in [3.05, 3.63) is 5.28 Å². The maximum absolute atomic E-state index is 5.92. The van der Waals surface area contributed by atoms with Crippen molar-refractivity contribution in [3.8, 4) is 6.01 Å². The van der Waals surface area contributed by atoms with Crippen molar-refractivity contribution in [2.75, 3.05) is 18.1 Å². The van der Waals surface area contributed by atoms with Gasteiger partial charge in [-0.05, 0) is 37.3 Å². The van der Waals surface area contributed by atoms with E-state index in [1.165, 1.54) is 6.42 Å². The highest BCUT2D eigenvalue weighted by molar-refractivity contribution is 6.28. The molecule has 1 fully saturated rings. The highest BCUT2D eigenvalue weighted by atomic mass is 35.5. The first kappa shape index (κ1) is 13.3. The summed E-state index contributed by atoms with van der Waals surface area (Å²) in [7, 11) is 0. The number of aromatic nitrogens is 3. The van der Waals surface area contributed by atoms with Crippen LogP contribution in [-0.4, -0.2) is 34.1 Å². The largest absolute Gasteiger partial charge is 0.464 e. The van der Waals surface area contributed by atoms with E-state index in [0.29, 0.717) is 30.5 Å². The SMILES string of the molecule is CCOc1nc(Cl)nc(N2CCCC2C(C)C)n1. The van der Waals surface area contributed by atoms with E-state index in [9.17, 15) is 0 Å². The molecule has 18 heavy (non-hydrogen) atoms. The van der Waals surface area contributed by atoms with Crippen LogP contribution in [0.15, 0.2) is 0 Å². The normalized spacial score (nSPS) is 19.6. The lowest BCUT2D eigenvalue weighted by molar-refractivity contribution is 0.311. The predicted molar refractivity (Wildman–Crippen MR) is 71.2 cm³/mol. The van der Waals surface area contributed by atoms with Crippen molar-refractivity contribution in [1.29, 1.82) is 0 Å². The van der Waals surface area contributed by atoms with Gasteiger partial charge < -0.3 is 9.64 Å². The summed E-state index contributed by atoms with van der Waals surface area (Å²) >= 11 is 5.92. The van der Waals surface area contributed by atoms with Crippen molar-refractivity contribution in [2.24, 2.45) is 5.92 Å². The third-order valence-corrected chi connectivity index (χ3v) is 3.34. The number of ether oxygens (including phenoxy) is 1. The second-order valence-electron chi connectivity index (χ2n) is 4.77. The molecule has 2 heterocycles. The van der Waals surface area contributed by atoms with Crippen molar-refractivity contribution >= 4 is 17.5 Å². The maximum atomic E-state index is 5.92. The second-order valence-corrected chi connectivity index (χ2v) is 5.11. The average molecular weight is 271 g/mol. The van der Waals surface area contributed by atoms with Gasteiger partial charge in [0.05, 0.1) is 6.61 Å². The maximum Gasteiger partial charge on any atom is 0.322 e. The van der Waals surface area contributed by atoms with Gasteiger partial charge >= 0.3 is 6.01 Å². The molecule has 0 aliphatic carbocycles. The molecule has 1 saturated heterocycles. The van der Waals surface area contributed by atoms with Crippen LogP contribution in [0, 0.1) is 5.92 Å². The van der Waals surface area contributed by atoms with Crippen molar-refractivity contribution in [2.45, 2.75) is 39.7 Å². The summed E-state index contributed by atoms with van der Waals surface area (Å²) in [6.07, 6.45) is 2.33. The molecule has 0 radical (unpaired) electrons. The number of hydrogen-bond acceptors (Lipinski definition) is 5. The Morgan fingerprint density at radius 3 is 2.83 bits per heavy atom. The minimum Gasteiger partial charge on any atom is -0.464 e. The number of anilines is 1. The van der Waals surface area contributed by atoms with Gasteiger partial charge in [0.2, 0.25) is 11.2 Å². The van der Waals surface area contributed by atoms with Gasteiger partial charge in [-0.2, -0.15) is 15.0 Å². The zero-order chi connectivity index (χ0) is 13.1. The van der Waals surface area contributed by atoms with Gasteiger partial charge in [-0.1, -0.05) is 13.8 Å². The molecular weight excluding hydrogens is 252 g/mol. The number of nitrogens with zero attached hydrogens (tertiary/aromatic N) is 4. The molecule has 0 aromatic carbocycles. The van der Waals surface area contributed by atoms with Crippen LogP contribution in [0.4, 0.5) is 5.95 Å². The highest BCUT2D eigenvalue weighted by Gasteiger charge is 2.29. The molecule has 0 saturated carbocycles. The van der Waals surface area contributed by atoms with E-state index in [0.717, 1.165) is 13.0 Å². The average Bonchev–Trinajstić information content (AvgIpc) is 2.77. The molecule has 0 amide bonds. The quantitative estimate of drug-likeness (QED) is 0.842. The van der Waals surface area contributed by atoms with Gasteiger partial charge in [-0.15, -0.1) is 0 Å². The Kier molecular flexibility index (Phi) is 4.22. The summed E-state index contributed by atoms with van der Waals surface area (Å²) in [5, 5.41) is 0.192. The van der Waals surface area contributed by atoms with Crippen molar-refractivity contribution in [1.82, 2.24) is 15.0 Å². The zero-order valence-electron chi connectivity index (χ0n) is 11.1. The van der Waals surface area contributed by atoms with Crippen LogP contribution in [0.3, 0.4) is 0 Å². The summed E-state index contributed by atoms with van der Waals surface area (Å²) < 4.78 is 5.31. The first-order valence-corrected chi connectivity index (χ1v) is 6.80. The zero-order valence-corrected chi connectivity index (χ0v) is 11.8. The van der Waals surface area contributed by atoms with E-state index < -0.39 is 0 Å². The van der Waals surface area contributed by atoms with E-state index >= 15 is 0 Å². The van der Waals surface area contributed by atoms with Gasteiger partial charge in [0.1, 0.15) is 0 Å². The molecule has 100 valence electrons. The van der Waals surface area contributed by atoms with Gasteiger partial charge in [-0.25, -0.2) is 0 Å². The molecule has 1 atom stereocenters. The first-order valence-electron chi connectivity index (χ1n) is 6.42. The number of rotatable bonds is 4. The Bertz CT molecular complexity index is 413. The predicted octanol–water partition coefficient (Wildman–Crippen LogP) is 2.55. The minimum absolute atomic E-state index is 0.192. The number of hydrogen-bond donors (Lipinski definition) is 0. The fourth-order valence-electron chi connectivity index (χ4n) is 2.38. The monoisotopic (exact) mass is 270 g/mol. The fraction of sp³-hybridized carbons (Fsp3) is 0.750. The van der Waals surface area contributed by atoms with Crippen LogP contribution in [0.25, 0.3) is 0 Å². The van der Waals surface area contributed by atoms with E-state index in [1.807, 2.05) is 6.92 Å². The van der Waals surface area contributed by atoms with Gasteiger partial charge in [-0.3, -0.25) is 0 Å². The van der Waals surface area contributed by atoms with E-state index in [2.05, 4.69) is 33.7 Å². The highest BCUT2D eigenvalue weighted by Crippen LogP contribution is 2.28. The smallest absolute Gasteiger partial charge is 0.322 e. The molecule has 1 unspecified atom stereocenters. The van der Waals surface area contributed by atoms with Crippen molar-refractivity contribution in [3.63, 3.8) is 0 Å². The Labute approximate surface area is 113 Å². The standard InChI is InChI=1S/C12H19ClN4O/c1-4-18-12-15-10(13)14-11(16-12)17-7-5-6-9(17)8(2)3/h8-9H,4-7H2,1-3H3. The van der Waals surface area contributed by atoms with Crippen LogP contribution >= 0.6 is 11.6 Å². The third kappa shape index (κ3) is 2.83. The Hall–Kier alpha value is -1.10. The lowest BCUT2D eigenvalue weighted by atomic mass is 10.0. The van der Waals surface area contributed by atoms with Crippen LogP contribution in [0.2, 0.25) is 5.28 Å². The van der Waals surface area contributed by atoms with E-state index in [-0.39, 0.29) is 5.28 Å². The minimum atomic E-state index is 0.192. The number of halogens is 1. The Morgan fingerprint density at radius 1 is 1.39 bits per heavy atom. The van der Waals surface area contributed by atoms with Crippen LogP contribution in [0.5, 0.6) is 6.01 Å². The summed E-state index contributed by atoms with van der Waals surface area (Å²) in [4.78, 5) is 14.7. The molecule has 6 heteroatoms. The molecule has 1 aliphatic heterocycles. The van der Waals surface area contributed by atoms with Gasteiger partial charge in [0.25, 0.3) is 0 Å². The molecule has 0 N–H and O–H groups in total. The van der Waals surface area contributed by atoms with Crippen LogP contribution in [0.1, 0.15) is 33.6 Å². The molecule has 1 aliphatic rings. The van der Waals surface area contributed by atoms with Crippen LogP contribution < -0.4 is 9.64 Å². The Morgan fingerprint density at radius 2 is 2.17 bits per heavy atom. The first-order chi connectivity index (χ1) is 8.61. The van der Waals surface area contributed by atoms with E-state index in [4.69, 9.17) is 16.3 Å². The van der Waals surface area contributed by atoms with Gasteiger partial charge in [0, 0.05) is 12.6 Å². The molecular formula is C12H19ClN4O. The lowest BCUT2D eigenvalue weighted by Gasteiger charge is -2.27.